The molecule has 3 heterocycles. The molecule has 0 aliphatic carbocycles. The summed E-state index contributed by atoms with van der Waals surface area (Å²) in [6, 6.07) is 1.95. The highest BCUT2D eigenvalue weighted by molar-refractivity contribution is 7.08. The van der Waals surface area contributed by atoms with Crippen LogP contribution in [-0.4, -0.2) is 30.5 Å². The minimum Gasteiger partial charge on any atom is -0.345 e. The Morgan fingerprint density at radius 1 is 1.45 bits per heavy atom. The van der Waals surface area contributed by atoms with Crippen molar-refractivity contribution in [2.75, 3.05) is 0 Å². The number of hydrogen-bond acceptors (Lipinski definition) is 7. The van der Waals surface area contributed by atoms with Crippen molar-refractivity contribution in [1.29, 1.82) is 0 Å². The molecule has 0 unspecified atom stereocenters. The van der Waals surface area contributed by atoms with Gasteiger partial charge in [-0.25, -0.2) is 4.68 Å². The van der Waals surface area contributed by atoms with E-state index >= 15 is 0 Å². The summed E-state index contributed by atoms with van der Waals surface area (Å²) in [5, 5.41) is 18.6. The quantitative estimate of drug-likeness (QED) is 0.788. The Hall–Kier alpha value is -2.13. The van der Waals surface area contributed by atoms with E-state index in [4.69, 9.17) is 0 Å². The Kier molecular flexibility index (Phi) is 3.52. The predicted octanol–water partition coefficient (Wildman–Crippen LogP) is 1.42. The number of aromatic nitrogens is 5. The topological polar surface area (TPSA) is 85.6 Å². The number of thiophene rings is 1. The lowest BCUT2D eigenvalue weighted by Crippen LogP contribution is -2.22. The normalized spacial score (nSPS) is 10.7. The summed E-state index contributed by atoms with van der Waals surface area (Å²) in [5.41, 5.74) is 2.29. The van der Waals surface area contributed by atoms with E-state index in [1.54, 1.807) is 29.1 Å². The zero-order valence-corrected chi connectivity index (χ0v) is 12.1. The number of amides is 1. The van der Waals surface area contributed by atoms with E-state index in [1.165, 1.54) is 0 Å². The van der Waals surface area contributed by atoms with Crippen LogP contribution in [0.15, 0.2) is 23.0 Å². The molecule has 3 rings (SSSR count). The Morgan fingerprint density at radius 3 is 3.05 bits per heavy atom. The van der Waals surface area contributed by atoms with Crippen molar-refractivity contribution in [1.82, 2.24) is 29.9 Å². The van der Waals surface area contributed by atoms with Gasteiger partial charge < -0.3 is 5.32 Å². The predicted molar refractivity (Wildman–Crippen MR) is 75.1 cm³/mol. The lowest BCUT2D eigenvalue weighted by atomic mass is 10.3. The summed E-state index contributed by atoms with van der Waals surface area (Å²) in [5.74, 6) is -0.192. The Morgan fingerprint density at radius 2 is 2.35 bits per heavy atom. The molecule has 0 radical (unpaired) electrons. The smallest absolute Gasteiger partial charge is 0.265 e. The van der Waals surface area contributed by atoms with Gasteiger partial charge in [-0.3, -0.25) is 4.79 Å². The van der Waals surface area contributed by atoms with Crippen LogP contribution in [0.2, 0.25) is 0 Å². The summed E-state index contributed by atoms with van der Waals surface area (Å²) in [7, 11) is 0. The Balaban J connectivity index is 1.65. The summed E-state index contributed by atoms with van der Waals surface area (Å²) in [6.45, 7) is 2.07. The SMILES string of the molecule is Cc1nnsc1C(=O)NCc1cn(-c2ccsc2)nn1. The average Bonchev–Trinajstić information content (AvgIpc) is 3.16. The molecule has 0 atom stereocenters. The van der Waals surface area contributed by atoms with Gasteiger partial charge in [0.05, 0.1) is 24.1 Å². The fourth-order valence-corrected chi connectivity index (χ4v) is 2.78. The molecule has 0 bridgehead atoms. The molecule has 0 fully saturated rings. The maximum Gasteiger partial charge on any atom is 0.265 e. The molecule has 0 saturated carbocycles. The summed E-state index contributed by atoms with van der Waals surface area (Å²) in [4.78, 5) is 12.4. The first-order valence-corrected chi connectivity index (χ1v) is 7.46. The number of hydrogen-bond donors (Lipinski definition) is 1. The first kappa shape index (κ1) is 12.9. The molecule has 20 heavy (non-hydrogen) atoms. The highest BCUT2D eigenvalue weighted by Gasteiger charge is 2.13. The van der Waals surface area contributed by atoms with Gasteiger partial charge in [-0.15, -0.1) is 10.2 Å². The lowest BCUT2D eigenvalue weighted by Gasteiger charge is -1.99. The van der Waals surface area contributed by atoms with E-state index in [0.717, 1.165) is 17.2 Å². The second kappa shape index (κ2) is 5.47. The molecule has 1 N–H and O–H groups in total. The van der Waals surface area contributed by atoms with Crippen LogP contribution in [0.25, 0.3) is 5.69 Å². The molecule has 3 aromatic rings. The number of nitrogens with one attached hydrogen (secondary N) is 1. The van der Waals surface area contributed by atoms with Gasteiger partial charge in [-0.2, -0.15) is 11.3 Å². The zero-order chi connectivity index (χ0) is 13.9. The minimum atomic E-state index is -0.192. The van der Waals surface area contributed by atoms with Gasteiger partial charge in [0, 0.05) is 5.38 Å². The van der Waals surface area contributed by atoms with Gasteiger partial charge in [-0.05, 0) is 29.9 Å². The molecule has 3 aromatic heterocycles. The van der Waals surface area contributed by atoms with E-state index in [2.05, 4.69) is 25.2 Å². The van der Waals surface area contributed by atoms with Crippen molar-refractivity contribution in [2.45, 2.75) is 13.5 Å². The number of carbonyl (C=O) groups is 1. The van der Waals surface area contributed by atoms with E-state index in [-0.39, 0.29) is 5.91 Å². The fourth-order valence-electron chi connectivity index (χ4n) is 1.58. The van der Waals surface area contributed by atoms with Gasteiger partial charge in [0.1, 0.15) is 10.6 Å². The van der Waals surface area contributed by atoms with E-state index in [0.29, 0.717) is 22.8 Å². The van der Waals surface area contributed by atoms with Crippen molar-refractivity contribution >= 4 is 28.8 Å². The molecule has 0 aromatic carbocycles. The van der Waals surface area contributed by atoms with Crippen LogP contribution in [0.1, 0.15) is 21.1 Å². The summed E-state index contributed by atoms with van der Waals surface area (Å²) >= 11 is 2.67. The maximum atomic E-state index is 11.9. The van der Waals surface area contributed by atoms with Crippen LogP contribution >= 0.6 is 22.9 Å². The highest BCUT2D eigenvalue weighted by Crippen LogP contribution is 2.11. The molecule has 102 valence electrons. The van der Waals surface area contributed by atoms with Crippen LogP contribution in [0.4, 0.5) is 0 Å². The second-order valence-corrected chi connectivity index (χ2v) is 5.54. The fraction of sp³-hybridized carbons (Fsp3) is 0.182. The molecule has 7 nitrogen and oxygen atoms in total. The van der Waals surface area contributed by atoms with Gasteiger partial charge >= 0.3 is 0 Å². The average molecular weight is 306 g/mol. The lowest BCUT2D eigenvalue weighted by molar-refractivity contribution is 0.0953. The van der Waals surface area contributed by atoms with Crippen LogP contribution in [-0.2, 0) is 6.54 Å². The minimum absolute atomic E-state index is 0.192. The van der Waals surface area contributed by atoms with Crippen molar-refractivity contribution in [2.24, 2.45) is 0 Å². The standard InChI is InChI=1S/C11H10N6OS2/c1-7-10(20-16-13-7)11(18)12-4-8-5-17(15-14-8)9-2-3-19-6-9/h2-3,5-6H,4H2,1H3,(H,12,18). The number of aryl methyl sites for hydroxylation is 1. The number of nitrogens with zero attached hydrogens (tertiary/aromatic N) is 5. The van der Waals surface area contributed by atoms with Crippen molar-refractivity contribution in [3.63, 3.8) is 0 Å². The Bertz CT molecular complexity index is 717. The van der Waals surface area contributed by atoms with Crippen LogP contribution in [0.5, 0.6) is 0 Å². The van der Waals surface area contributed by atoms with Gasteiger partial charge in [-0.1, -0.05) is 9.70 Å². The molecule has 0 aliphatic rings. The summed E-state index contributed by atoms with van der Waals surface area (Å²) < 4.78 is 5.41. The third-order valence-corrected chi connectivity index (χ3v) is 4.10. The largest absolute Gasteiger partial charge is 0.345 e. The molecule has 0 spiro atoms. The van der Waals surface area contributed by atoms with Crippen LogP contribution < -0.4 is 5.32 Å². The van der Waals surface area contributed by atoms with Gasteiger partial charge in [0.25, 0.3) is 5.91 Å². The molecule has 9 heteroatoms. The third kappa shape index (κ3) is 2.58. The van der Waals surface area contributed by atoms with E-state index in [1.807, 2.05) is 16.8 Å². The molecule has 0 saturated heterocycles. The molecular formula is C11H10N6OS2. The first-order valence-electron chi connectivity index (χ1n) is 5.75. The Labute approximate surface area is 122 Å². The third-order valence-electron chi connectivity index (χ3n) is 2.60. The number of rotatable bonds is 4. The van der Waals surface area contributed by atoms with Gasteiger partial charge in [0.2, 0.25) is 0 Å². The monoisotopic (exact) mass is 306 g/mol. The maximum absolute atomic E-state index is 11.9. The van der Waals surface area contributed by atoms with Crippen molar-refractivity contribution in [3.8, 4) is 5.69 Å². The first-order chi connectivity index (χ1) is 9.74. The zero-order valence-electron chi connectivity index (χ0n) is 10.5. The van der Waals surface area contributed by atoms with E-state index in [9.17, 15) is 4.79 Å². The van der Waals surface area contributed by atoms with Crippen LogP contribution in [0.3, 0.4) is 0 Å². The van der Waals surface area contributed by atoms with Gasteiger partial charge in [0.15, 0.2) is 0 Å². The second-order valence-electron chi connectivity index (χ2n) is 4.01. The van der Waals surface area contributed by atoms with Crippen molar-refractivity contribution < 1.29 is 4.79 Å². The van der Waals surface area contributed by atoms with E-state index < -0.39 is 0 Å². The highest BCUT2D eigenvalue weighted by atomic mass is 32.1. The van der Waals surface area contributed by atoms with Crippen molar-refractivity contribution in [3.05, 3.63) is 39.3 Å². The number of carbonyl (C=O) groups excluding carboxylic acids is 1. The molecule has 1 amide bonds. The summed E-state index contributed by atoms with van der Waals surface area (Å²) in [6.07, 6.45) is 1.79. The molecule has 0 aliphatic heterocycles. The van der Waals surface area contributed by atoms with Crippen LogP contribution in [0, 0.1) is 6.92 Å². The molecular weight excluding hydrogens is 296 g/mol.